The van der Waals surface area contributed by atoms with Gasteiger partial charge in [-0.1, -0.05) is 66.2 Å². The van der Waals surface area contributed by atoms with Crippen LogP contribution in [0.4, 0.5) is 18.9 Å². The number of benzene rings is 2. The molecular formula is C25H24ClF3N2O. The molecule has 4 rings (SSSR count). The van der Waals surface area contributed by atoms with Gasteiger partial charge in [0.2, 0.25) is 0 Å². The molecule has 1 aliphatic rings. The van der Waals surface area contributed by atoms with Gasteiger partial charge in [0.05, 0.1) is 18.7 Å². The average Bonchev–Trinajstić information content (AvgIpc) is 2.78. The highest BCUT2D eigenvalue weighted by Gasteiger charge is 2.27. The molecule has 1 aliphatic heterocycles. The summed E-state index contributed by atoms with van der Waals surface area (Å²) in [6, 6.07) is 18.4. The SMILES string of the molecule is O=c1c(Cl)c(N2CCC(c3ccccc3)CC2)ccn1Cc1ccc(CC(F)(F)F)cc1. The Morgan fingerprint density at radius 1 is 0.906 bits per heavy atom. The molecule has 0 amide bonds. The van der Waals surface area contributed by atoms with Crippen molar-refractivity contribution in [2.75, 3.05) is 18.0 Å². The van der Waals surface area contributed by atoms with Crippen molar-refractivity contribution in [2.24, 2.45) is 0 Å². The van der Waals surface area contributed by atoms with Crippen LogP contribution in [0.3, 0.4) is 0 Å². The minimum atomic E-state index is -4.24. The lowest BCUT2D eigenvalue weighted by molar-refractivity contribution is -0.127. The Kier molecular flexibility index (Phi) is 6.60. The lowest BCUT2D eigenvalue weighted by atomic mass is 9.89. The minimum Gasteiger partial charge on any atom is -0.370 e. The van der Waals surface area contributed by atoms with Crippen LogP contribution in [0.5, 0.6) is 0 Å². The van der Waals surface area contributed by atoms with Crippen molar-refractivity contribution >= 4 is 17.3 Å². The number of alkyl halides is 3. The summed E-state index contributed by atoms with van der Waals surface area (Å²) in [6.45, 7) is 1.90. The van der Waals surface area contributed by atoms with Crippen LogP contribution in [0.15, 0.2) is 71.7 Å². The molecule has 2 heterocycles. The van der Waals surface area contributed by atoms with Gasteiger partial charge in [-0.3, -0.25) is 4.79 Å². The average molecular weight is 461 g/mol. The molecule has 0 aliphatic carbocycles. The summed E-state index contributed by atoms with van der Waals surface area (Å²) >= 11 is 6.45. The van der Waals surface area contributed by atoms with Gasteiger partial charge in [0.1, 0.15) is 5.02 Å². The summed E-state index contributed by atoms with van der Waals surface area (Å²) in [6.07, 6.45) is -1.51. The maximum Gasteiger partial charge on any atom is 0.393 e. The smallest absolute Gasteiger partial charge is 0.370 e. The number of piperidine rings is 1. The Hall–Kier alpha value is -2.73. The molecule has 0 spiro atoms. The number of anilines is 1. The summed E-state index contributed by atoms with van der Waals surface area (Å²) in [7, 11) is 0. The summed E-state index contributed by atoms with van der Waals surface area (Å²) in [4.78, 5) is 15.0. The van der Waals surface area contributed by atoms with E-state index in [-0.39, 0.29) is 22.7 Å². The Morgan fingerprint density at radius 2 is 1.53 bits per heavy atom. The molecule has 1 saturated heterocycles. The van der Waals surface area contributed by atoms with Crippen molar-refractivity contribution in [3.05, 3.63) is 98.9 Å². The summed E-state index contributed by atoms with van der Waals surface area (Å²) < 4.78 is 39.1. The van der Waals surface area contributed by atoms with E-state index in [0.717, 1.165) is 37.2 Å². The second kappa shape index (κ2) is 9.41. The van der Waals surface area contributed by atoms with Gasteiger partial charge in [-0.15, -0.1) is 0 Å². The van der Waals surface area contributed by atoms with Crippen LogP contribution >= 0.6 is 11.6 Å². The number of hydrogen-bond donors (Lipinski definition) is 0. The molecule has 0 bridgehead atoms. The fourth-order valence-corrected chi connectivity index (χ4v) is 4.57. The highest BCUT2D eigenvalue weighted by Crippen LogP contribution is 2.32. The zero-order valence-corrected chi connectivity index (χ0v) is 18.2. The predicted octanol–water partition coefficient (Wildman–Crippen LogP) is 6.04. The maximum atomic E-state index is 12.8. The molecule has 0 radical (unpaired) electrons. The molecule has 1 aromatic heterocycles. The Morgan fingerprint density at radius 3 is 2.16 bits per heavy atom. The van der Waals surface area contributed by atoms with Gasteiger partial charge in [-0.2, -0.15) is 13.2 Å². The number of nitrogens with zero attached hydrogens (tertiary/aromatic N) is 2. The molecule has 3 aromatic rings. The monoisotopic (exact) mass is 460 g/mol. The Balaban J connectivity index is 1.43. The topological polar surface area (TPSA) is 25.2 Å². The first-order chi connectivity index (χ1) is 15.3. The number of pyridine rings is 1. The van der Waals surface area contributed by atoms with Gasteiger partial charge >= 0.3 is 6.18 Å². The predicted molar refractivity (Wildman–Crippen MR) is 122 cm³/mol. The third-order valence-electron chi connectivity index (χ3n) is 5.97. The van der Waals surface area contributed by atoms with Gasteiger partial charge in [0, 0.05) is 19.3 Å². The molecule has 168 valence electrons. The number of rotatable bonds is 5. The fraction of sp³-hybridized carbons (Fsp3) is 0.320. The molecule has 2 aromatic carbocycles. The first-order valence-corrected chi connectivity index (χ1v) is 11.0. The molecule has 0 saturated carbocycles. The Labute approximate surface area is 190 Å². The standard InChI is InChI=1S/C25H24ClF3N2O/c26-23-22(30-13-10-21(11-14-30)20-4-2-1-3-5-20)12-15-31(24(23)32)17-19-8-6-18(7-9-19)16-25(27,28)29/h1-9,12,15,21H,10-11,13-14,16-17H2. The van der Waals surface area contributed by atoms with Crippen LogP contribution in [0, 0.1) is 0 Å². The van der Waals surface area contributed by atoms with Gasteiger partial charge < -0.3 is 9.47 Å². The van der Waals surface area contributed by atoms with E-state index in [4.69, 9.17) is 11.6 Å². The third-order valence-corrected chi connectivity index (χ3v) is 6.33. The highest BCUT2D eigenvalue weighted by atomic mass is 35.5. The van der Waals surface area contributed by atoms with E-state index in [1.807, 2.05) is 12.1 Å². The largest absolute Gasteiger partial charge is 0.393 e. The van der Waals surface area contributed by atoms with Crippen LogP contribution in [0.2, 0.25) is 5.02 Å². The van der Waals surface area contributed by atoms with E-state index in [1.165, 1.54) is 22.3 Å². The summed E-state index contributed by atoms with van der Waals surface area (Å²) in [5, 5.41) is 0.180. The fourth-order valence-electron chi connectivity index (χ4n) is 4.28. The lowest BCUT2D eigenvalue weighted by Crippen LogP contribution is -2.34. The van der Waals surface area contributed by atoms with Crippen molar-refractivity contribution in [3.63, 3.8) is 0 Å². The number of hydrogen-bond acceptors (Lipinski definition) is 2. The van der Waals surface area contributed by atoms with E-state index in [2.05, 4.69) is 29.2 Å². The normalized spacial score (nSPS) is 15.2. The highest BCUT2D eigenvalue weighted by molar-refractivity contribution is 6.33. The van der Waals surface area contributed by atoms with Crippen molar-refractivity contribution in [2.45, 2.75) is 37.9 Å². The number of aromatic nitrogens is 1. The third kappa shape index (κ3) is 5.36. The van der Waals surface area contributed by atoms with Gasteiger partial charge in [-0.05, 0) is 41.5 Å². The number of halogens is 4. The van der Waals surface area contributed by atoms with Crippen LogP contribution in [0.25, 0.3) is 0 Å². The lowest BCUT2D eigenvalue weighted by Gasteiger charge is -2.34. The maximum absolute atomic E-state index is 12.8. The summed E-state index contributed by atoms with van der Waals surface area (Å²) in [5.74, 6) is 0.506. The first-order valence-electron chi connectivity index (χ1n) is 10.6. The second-order valence-corrected chi connectivity index (χ2v) is 8.61. The molecule has 7 heteroatoms. The van der Waals surface area contributed by atoms with E-state index in [0.29, 0.717) is 5.92 Å². The van der Waals surface area contributed by atoms with E-state index >= 15 is 0 Å². The van der Waals surface area contributed by atoms with E-state index in [9.17, 15) is 18.0 Å². The van der Waals surface area contributed by atoms with Crippen LogP contribution in [0.1, 0.15) is 35.4 Å². The molecule has 0 N–H and O–H groups in total. The van der Waals surface area contributed by atoms with Gasteiger partial charge in [0.25, 0.3) is 5.56 Å². The first kappa shape index (κ1) is 22.5. The van der Waals surface area contributed by atoms with Crippen LogP contribution in [-0.2, 0) is 13.0 Å². The van der Waals surface area contributed by atoms with Crippen molar-refractivity contribution < 1.29 is 13.2 Å². The molecule has 0 atom stereocenters. The second-order valence-electron chi connectivity index (χ2n) is 8.23. The molecule has 0 unspecified atom stereocenters. The van der Waals surface area contributed by atoms with Crippen LogP contribution in [-0.4, -0.2) is 23.8 Å². The molecule has 3 nitrogen and oxygen atoms in total. The van der Waals surface area contributed by atoms with E-state index < -0.39 is 12.6 Å². The molecule has 1 fully saturated rings. The quantitative estimate of drug-likeness (QED) is 0.464. The zero-order valence-electron chi connectivity index (χ0n) is 17.5. The minimum absolute atomic E-state index is 0.180. The zero-order chi connectivity index (χ0) is 22.7. The van der Waals surface area contributed by atoms with Crippen molar-refractivity contribution in [3.8, 4) is 0 Å². The molecule has 32 heavy (non-hydrogen) atoms. The molecular weight excluding hydrogens is 437 g/mol. The van der Waals surface area contributed by atoms with Gasteiger partial charge in [-0.25, -0.2) is 0 Å². The van der Waals surface area contributed by atoms with Crippen molar-refractivity contribution in [1.82, 2.24) is 4.57 Å². The van der Waals surface area contributed by atoms with Gasteiger partial charge in [0.15, 0.2) is 0 Å². The van der Waals surface area contributed by atoms with Crippen molar-refractivity contribution in [1.29, 1.82) is 0 Å². The summed E-state index contributed by atoms with van der Waals surface area (Å²) in [5.41, 5.74) is 2.72. The van der Waals surface area contributed by atoms with Crippen LogP contribution < -0.4 is 10.5 Å². The Bertz CT molecular complexity index is 1100. The van der Waals surface area contributed by atoms with E-state index in [1.54, 1.807) is 18.3 Å².